The maximum absolute atomic E-state index is 5.70. The second-order valence-electron chi connectivity index (χ2n) is 8.70. The Balaban J connectivity index is 1.65. The monoisotopic (exact) mass is 396 g/mol. The van der Waals surface area contributed by atoms with Crippen molar-refractivity contribution in [3.8, 4) is 11.3 Å². The van der Waals surface area contributed by atoms with Gasteiger partial charge in [0, 0.05) is 47.5 Å². The van der Waals surface area contributed by atoms with Gasteiger partial charge in [-0.25, -0.2) is 0 Å². The summed E-state index contributed by atoms with van der Waals surface area (Å²) >= 11 is 0. The van der Waals surface area contributed by atoms with E-state index < -0.39 is 0 Å². The molecule has 2 aliphatic carbocycles. The molecule has 0 saturated heterocycles. The zero-order chi connectivity index (χ0) is 20.3. The predicted molar refractivity (Wildman–Crippen MR) is 114 cm³/mol. The highest BCUT2D eigenvalue weighted by Crippen LogP contribution is 2.57. The molecule has 6 rings (SSSR count). The van der Waals surface area contributed by atoms with Crippen molar-refractivity contribution < 1.29 is 4.52 Å². The van der Waals surface area contributed by atoms with Gasteiger partial charge in [0.05, 0.1) is 17.6 Å². The zero-order valence-corrected chi connectivity index (χ0v) is 17.2. The molecule has 0 fully saturated rings. The van der Waals surface area contributed by atoms with E-state index in [2.05, 4.69) is 65.2 Å². The minimum absolute atomic E-state index is 0.176. The molecule has 0 radical (unpaired) electrons. The lowest BCUT2D eigenvalue weighted by molar-refractivity contribution is 0.189. The first-order chi connectivity index (χ1) is 14.7. The molecule has 150 valence electrons. The van der Waals surface area contributed by atoms with Crippen LogP contribution in [-0.2, 0) is 25.3 Å². The normalized spacial score (nSPS) is 24.7. The van der Waals surface area contributed by atoms with Crippen LogP contribution in [0.25, 0.3) is 11.3 Å². The minimum atomic E-state index is -0.176. The summed E-state index contributed by atoms with van der Waals surface area (Å²) in [6, 6.07) is 15.1. The molecular weight excluding hydrogens is 372 g/mol. The Morgan fingerprint density at radius 2 is 1.97 bits per heavy atom. The van der Waals surface area contributed by atoms with Gasteiger partial charge in [0.1, 0.15) is 5.76 Å². The first-order valence-corrected chi connectivity index (χ1v) is 10.7. The van der Waals surface area contributed by atoms with E-state index in [4.69, 9.17) is 9.62 Å². The molecule has 5 nitrogen and oxygen atoms in total. The summed E-state index contributed by atoms with van der Waals surface area (Å²) in [5.41, 5.74) is 7.27. The average molecular weight is 396 g/mol. The fourth-order valence-corrected chi connectivity index (χ4v) is 6.09. The summed E-state index contributed by atoms with van der Waals surface area (Å²) in [5.74, 6) is 1.77. The van der Waals surface area contributed by atoms with Crippen LogP contribution in [0.4, 0.5) is 0 Å². The lowest BCUT2D eigenvalue weighted by Gasteiger charge is -2.48. The van der Waals surface area contributed by atoms with Crippen molar-refractivity contribution in [2.75, 3.05) is 0 Å². The van der Waals surface area contributed by atoms with E-state index in [9.17, 15) is 0 Å². The maximum Gasteiger partial charge on any atom is 0.143 e. The second kappa shape index (κ2) is 6.39. The molecule has 0 amide bonds. The lowest BCUT2D eigenvalue weighted by Crippen LogP contribution is -2.47. The van der Waals surface area contributed by atoms with Gasteiger partial charge in [-0.1, -0.05) is 42.4 Å². The van der Waals surface area contributed by atoms with Crippen LogP contribution in [0, 0.1) is 5.92 Å². The van der Waals surface area contributed by atoms with Crippen molar-refractivity contribution in [1.29, 1.82) is 0 Å². The van der Waals surface area contributed by atoms with Crippen molar-refractivity contribution in [3.05, 3.63) is 89.2 Å². The molecule has 0 N–H and O–H groups in total. The van der Waals surface area contributed by atoms with Crippen LogP contribution in [0.1, 0.15) is 47.4 Å². The van der Waals surface area contributed by atoms with Crippen molar-refractivity contribution in [3.63, 3.8) is 0 Å². The number of rotatable bonds is 2. The van der Waals surface area contributed by atoms with E-state index in [0.29, 0.717) is 11.8 Å². The van der Waals surface area contributed by atoms with Gasteiger partial charge in [0.2, 0.25) is 0 Å². The summed E-state index contributed by atoms with van der Waals surface area (Å²) in [7, 11) is 2.06. The van der Waals surface area contributed by atoms with Gasteiger partial charge in [0.25, 0.3) is 0 Å². The molecule has 0 unspecified atom stereocenters. The summed E-state index contributed by atoms with van der Waals surface area (Å²) in [6.45, 7) is 2.29. The Hall–Kier alpha value is -3.21. The molecule has 0 bridgehead atoms. The van der Waals surface area contributed by atoms with Gasteiger partial charge >= 0.3 is 0 Å². The third-order valence-electron chi connectivity index (χ3n) is 7.29. The smallest absolute Gasteiger partial charge is 0.143 e. The van der Waals surface area contributed by atoms with Crippen LogP contribution in [0.3, 0.4) is 0 Å². The van der Waals surface area contributed by atoms with Crippen LogP contribution in [-0.4, -0.2) is 19.9 Å². The number of fused-ring (bicyclic) bond motifs is 4. The van der Waals surface area contributed by atoms with Crippen molar-refractivity contribution in [1.82, 2.24) is 19.9 Å². The van der Waals surface area contributed by atoms with E-state index in [-0.39, 0.29) is 5.41 Å². The third kappa shape index (κ3) is 2.26. The van der Waals surface area contributed by atoms with E-state index in [1.165, 1.54) is 28.1 Å². The van der Waals surface area contributed by atoms with Gasteiger partial charge in [-0.05, 0) is 42.9 Å². The molecule has 1 aromatic carbocycles. The molecule has 0 saturated carbocycles. The fraction of sp³-hybridized carbons (Fsp3) is 0.320. The molecule has 30 heavy (non-hydrogen) atoms. The van der Waals surface area contributed by atoms with Crippen molar-refractivity contribution >= 4 is 0 Å². The molecule has 3 aromatic heterocycles. The molecule has 3 heterocycles. The van der Waals surface area contributed by atoms with E-state index in [1.54, 1.807) is 0 Å². The second-order valence-corrected chi connectivity index (χ2v) is 8.70. The molecule has 2 aliphatic rings. The van der Waals surface area contributed by atoms with Crippen molar-refractivity contribution in [2.24, 2.45) is 13.0 Å². The predicted octanol–water partition coefficient (Wildman–Crippen LogP) is 4.68. The SMILES string of the molecule is C[C@@H]1c2oncc2C[C@]2(c3ccccc3)c3nn(C)c(-c4cccnc4)c3CC[C@@H]12. The lowest BCUT2D eigenvalue weighted by atomic mass is 9.53. The zero-order valence-electron chi connectivity index (χ0n) is 17.2. The number of nitrogens with zero attached hydrogens (tertiary/aromatic N) is 4. The Labute approximate surface area is 175 Å². The topological polar surface area (TPSA) is 56.7 Å². The number of aryl methyl sites for hydroxylation is 1. The number of hydrogen-bond acceptors (Lipinski definition) is 4. The van der Waals surface area contributed by atoms with Crippen LogP contribution in [0.15, 0.2) is 65.6 Å². The van der Waals surface area contributed by atoms with Crippen LogP contribution in [0.5, 0.6) is 0 Å². The van der Waals surface area contributed by atoms with Crippen molar-refractivity contribution in [2.45, 2.75) is 37.5 Å². The van der Waals surface area contributed by atoms with Gasteiger partial charge in [-0.2, -0.15) is 5.10 Å². The van der Waals surface area contributed by atoms with Gasteiger partial charge in [0.15, 0.2) is 0 Å². The standard InChI is InChI=1S/C25H24N4O/c1-16-21-11-10-20-22(17-7-6-12-26-14-17)29(2)28-24(20)25(21,19-8-4-3-5-9-19)13-18-15-27-30-23(16)18/h3-9,12,14-16,21H,10-11,13H2,1-2H3/t16-,21-,25+/m0/s1. The van der Waals surface area contributed by atoms with Crippen LogP contribution in [0.2, 0.25) is 0 Å². The highest BCUT2D eigenvalue weighted by molar-refractivity contribution is 5.66. The largest absolute Gasteiger partial charge is 0.361 e. The summed E-state index contributed by atoms with van der Waals surface area (Å²) in [5, 5.41) is 9.34. The molecule has 3 atom stereocenters. The Morgan fingerprint density at radius 3 is 2.77 bits per heavy atom. The minimum Gasteiger partial charge on any atom is -0.361 e. The quantitative estimate of drug-likeness (QED) is 0.494. The summed E-state index contributed by atoms with van der Waals surface area (Å²) in [4.78, 5) is 4.36. The molecule has 0 spiro atoms. The summed E-state index contributed by atoms with van der Waals surface area (Å²) < 4.78 is 7.76. The average Bonchev–Trinajstić information content (AvgIpc) is 3.39. The molecule has 4 aromatic rings. The number of aromatic nitrogens is 4. The molecule has 5 heteroatoms. The summed E-state index contributed by atoms with van der Waals surface area (Å²) in [6.07, 6.45) is 8.67. The van der Waals surface area contributed by atoms with Crippen LogP contribution >= 0.6 is 0 Å². The van der Waals surface area contributed by atoms with E-state index in [0.717, 1.165) is 30.6 Å². The maximum atomic E-state index is 5.70. The molecule has 0 aliphatic heterocycles. The fourth-order valence-electron chi connectivity index (χ4n) is 6.09. The Morgan fingerprint density at radius 1 is 1.10 bits per heavy atom. The molecular formula is C25H24N4O. The highest BCUT2D eigenvalue weighted by Gasteiger charge is 2.54. The Bertz CT molecular complexity index is 1210. The highest BCUT2D eigenvalue weighted by atomic mass is 16.5. The van der Waals surface area contributed by atoms with Gasteiger partial charge < -0.3 is 4.52 Å². The Kier molecular flexibility index (Phi) is 3.76. The van der Waals surface area contributed by atoms with Gasteiger partial charge in [-0.15, -0.1) is 0 Å². The number of benzene rings is 1. The number of pyridine rings is 1. The van der Waals surface area contributed by atoms with E-state index in [1.807, 2.05) is 24.7 Å². The third-order valence-corrected chi connectivity index (χ3v) is 7.29. The first kappa shape index (κ1) is 17.6. The van der Waals surface area contributed by atoms with Crippen LogP contribution < -0.4 is 0 Å². The van der Waals surface area contributed by atoms with Gasteiger partial charge in [-0.3, -0.25) is 9.67 Å². The first-order valence-electron chi connectivity index (χ1n) is 10.7. The number of hydrogen-bond donors (Lipinski definition) is 0. The van der Waals surface area contributed by atoms with E-state index >= 15 is 0 Å².